The van der Waals surface area contributed by atoms with Gasteiger partial charge in [0.1, 0.15) is 0 Å². The third-order valence-corrected chi connectivity index (χ3v) is 1.73. The van der Waals surface area contributed by atoms with E-state index in [0.717, 1.165) is 0 Å². The van der Waals surface area contributed by atoms with Crippen LogP contribution < -0.4 is 10.4 Å². The molecule has 0 aliphatic rings. The molecule has 1 rings (SSSR count). The maximum absolute atomic E-state index is 11.4. The van der Waals surface area contributed by atoms with Crippen LogP contribution in [0.1, 0.15) is 0 Å². The van der Waals surface area contributed by atoms with Crippen molar-refractivity contribution in [2.24, 2.45) is 0 Å². The van der Waals surface area contributed by atoms with E-state index < -0.39 is 7.81 Å². The molecule has 0 aliphatic heterocycles. The minimum absolute atomic E-state index is 0.196. The van der Waals surface area contributed by atoms with Crippen LogP contribution in [0.15, 0.2) is 29.2 Å². The van der Waals surface area contributed by atoms with Crippen molar-refractivity contribution in [3.63, 3.8) is 0 Å². The molecule has 0 spiro atoms. The van der Waals surface area contributed by atoms with Crippen molar-refractivity contribution in [3.8, 4) is 0 Å². The number of halogens is 6. The fourth-order valence-corrected chi connectivity index (χ4v) is 1.14. The zero-order valence-electron chi connectivity index (χ0n) is 12.2. The number of hydrogen-bond acceptors (Lipinski definition) is 2. The first-order chi connectivity index (χ1) is 9.47. The fraction of sp³-hybridized carbons (Fsp3) is 0.400. The van der Waals surface area contributed by atoms with Crippen molar-refractivity contribution in [2.75, 3.05) is 28.2 Å². The molecular formula is C10H16F6N3O2P. The predicted molar refractivity (Wildman–Crippen MR) is 71.7 cm³/mol. The Morgan fingerprint density at radius 1 is 1.14 bits per heavy atom. The topological polar surface area (TPSA) is 37.5 Å². The van der Waals surface area contributed by atoms with Crippen LogP contribution in [0.4, 0.5) is 25.2 Å². The molecule has 0 saturated carbocycles. The Bertz CT molecular complexity index is 593. The van der Waals surface area contributed by atoms with Gasteiger partial charge in [-0.25, -0.2) is 9.48 Å². The van der Waals surface area contributed by atoms with Crippen LogP contribution in [-0.2, 0) is 0 Å². The van der Waals surface area contributed by atoms with Crippen LogP contribution in [0.5, 0.6) is 0 Å². The molecule has 5 nitrogen and oxygen atoms in total. The number of aromatic nitrogens is 1. The number of amidine groups is 1. The molecule has 0 bridgehead atoms. The van der Waals surface area contributed by atoms with Crippen molar-refractivity contribution < 1.29 is 34.6 Å². The Morgan fingerprint density at radius 2 is 1.59 bits per heavy atom. The van der Waals surface area contributed by atoms with Gasteiger partial charge in [0.25, 0.3) is 5.56 Å². The van der Waals surface area contributed by atoms with E-state index in [1.165, 1.54) is 10.8 Å². The number of nitrogens with zero attached hydrogens (tertiary/aromatic N) is 3. The van der Waals surface area contributed by atoms with Crippen molar-refractivity contribution in [3.05, 3.63) is 34.7 Å². The Kier molecular flexibility index (Phi) is 5.32. The molecule has 1 aromatic heterocycles. The van der Waals surface area contributed by atoms with Crippen LogP contribution in [0.3, 0.4) is 0 Å². The van der Waals surface area contributed by atoms with E-state index in [-0.39, 0.29) is 5.56 Å². The zero-order valence-corrected chi connectivity index (χ0v) is 13.1. The predicted octanol–water partition coefficient (Wildman–Crippen LogP) is 2.85. The van der Waals surface area contributed by atoms with E-state index in [0.29, 0.717) is 6.02 Å². The Hall–Kier alpha value is -1.77. The van der Waals surface area contributed by atoms with E-state index in [2.05, 4.69) is 0 Å². The summed E-state index contributed by atoms with van der Waals surface area (Å²) >= 11 is 0. The summed E-state index contributed by atoms with van der Waals surface area (Å²) < 4.78 is 62.2. The molecule has 1 aromatic rings. The Labute approximate surface area is 122 Å². The molecule has 130 valence electrons. The van der Waals surface area contributed by atoms with Crippen LogP contribution >= 0.6 is 7.81 Å². The molecule has 0 atom stereocenters. The van der Waals surface area contributed by atoms with Gasteiger partial charge in [0.05, 0.1) is 28.2 Å². The van der Waals surface area contributed by atoms with Gasteiger partial charge in [-0.15, -0.1) is 4.73 Å². The van der Waals surface area contributed by atoms with Crippen LogP contribution in [-0.4, -0.2) is 48.4 Å². The maximum atomic E-state index is 11.4. The van der Waals surface area contributed by atoms with Crippen molar-refractivity contribution in [1.82, 2.24) is 9.63 Å². The molecule has 0 amide bonds. The van der Waals surface area contributed by atoms with E-state index >= 15 is 0 Å². The van der Waals surface area contributed by atoms with Crippen molar-refractivity contribution in [1.29, 1.82) is 0 Å². The molecule has 0 saturated heterocycles. The van der Waals surface area contributed by atoms with Gasteiger partial charge in [0, 0.05) is 12.3 Å². The molecule has 12 heteroatoms. The first-order valence-corrected chi connectivity index (χ1v) is 7.64. The minimum atomic E-state index is -10.7. The number of rotatable bonds is 1. The number of pyridine rings is 1. The monoisotopic (exact) mass is 355 g/mol. The molecule has 22 heavy (non-hydrogen) atoms. The van der Waals surface area contributed by atoms with Gasteiger partial charge in [-0.05, 0) is 6.07 Å². The van der Waals surface area contributed by atoms with Gasteiger partial charge in [0.15, 0.2) is 0 Å². The normalized spacial score (nSPS) is 13.9. The van der Waals surface area contributed by atoms with Gasteiger partial charge in [-0.2, -0.15) is 0 Å². The third-order valence-electron chi connectivity index (χ3n) is 1.73. The van der Waals surface area contributed by atoms with Crippen LogP contribution in [0, 0.1) is 0 Å². The molecule has 0 aromatic carbocycles. The van der Waals surface area contributed by atoms with Gasteiger partial charge in [0.2, 0.25) is 0 Å². The van der Waals surface area contributed by atoms with Gasteiger partial charge in [-0.1, -0.05) is 6.07 Å². The fourth-order valence-electron chi connectivity index (χ4n) is 1.14. The molecule has 0 N–H and O–H groups in total. The van der Waals surface area contributed by atoms with Gasteiger partial charge < -0.3 is 0 Å². The van der Waals surface area contributed by atoms with E-state index in [1.807, 2.05) is 28.2 Å². The Balaban J connectivity index is 0.000000534. The summed E-state index contributed by atoms with van der Waals surface area (Å²) in [6, 6.07) is 5.45. The summed E-state index contributed by atoms with van der Waals surface area (Å²) in [5.41, 5.74) is -0.196. The van der Waals surface area contributed by atoms with Crippen LogP contribution in [0.25, 0.3) is 0 Å². The zero-order chi connectivity index (χ0) is 17.8. The second-order valence-electron chi connectivity index (χ2n) is 4.49. The summed E-state index contributed by atoms with van der Waals surface area (Å²) in [6.07, 6.45) is 1.58. The first-order valence-electron chi connectivity index (χ1n) is 5.61. The Morgan fingerprint density at radius 3 is 1.91 bits per heavy atom. The third kappa shape index (κ3) is 12.0. The summed E-state index contributed by atoms with van der Waals surface area (Å²) in [7, 11) is -3.26. The molecule has 0 fully saturated rings. The van der Waals surface area contributed by atoms with Gasteiger partial charge >= 0.3 is 39.0 Å². The quantitative estimate of drug-likeness (QED) is 0.256. The summed E-state index contributed by atoms with van der Waals surface area (Å²) in [6.45, 7) is 0. The standard InChI is InChI=1S/C10H16N3O2.F6P/c1-11(2)10(12(3)4)15-13-8-6-5-7-9(13)14;1-7(2,3,4,5)6/h5-8H,1-4H3;/q+1;-1. The van der Waals surface area contributed by atoms with E-state index in [4.69, 9.17) is 4.84 Å². The second kappa shape index (κ2) is 5.79. The van der Waals surface area contributed by atoms with E-state index in [1.54, 1.807) is 27.8 Å². The molecule has 0 radical (unpaired) electrons. The molecule has 1 heterocycles. The molecule has 0 unspecified atom stereocenters. The van der Waals surface area contributed by atoms with Crippen molar-refractivity contribution >= 4 is 13.8 Å². The van der Waals surface area contributed by atoms with Crippen molar-refractivity contribution in [2.45, 2.75) is 0 Å². The summed E-state index contributed by atoms with van der Waals surface area (Å²) in [5, 5.41) is 0. The summed E-state index contributed by atoms with van der Waals surface area (Å²) in [4.78, 5) is 18.6. The summed E-state index contributed by atoms with van der Waals surface area (Å²) in [5.74, 6) is 0. The average Bonchev–Trinajstić information content (AvgIpc) is 2.22. The number of hydrogen-bond donors (Lipinski definition) is 0. The van der Waals surface area contributed by atoms with E-state index in [9.17, 15) is 30.0 Å². The average molecular weight is 355 g/mol. The molecular weight excluding hydrogens is 339 g/mol. The van der Waals surface area contributed by atoms with Gasteiger partial charge in [-0.3, -0.25) is 9.63 Å². The second-order valence-corrected chi connectivity index (χ2v) is 6.40. The molecule has 0 aliphatic carbocycles. The SMILES string of the molecule is CN(C)C(On1ccccc1=O)=[N+](C)C.F[P-](F)(F)(F)(F)F. The van der Waals surface area contributed by atoms with Crippen LogP contribution in [0.2, 0.25) is 0 Å². The first kappa shape index (κ1) is 20.2.